The van der Waals surface area contributed by atoms with E-state index in [9.17, 15) is 9.59 Å². The van der Waals surface area contributed by atoms with Crippen molar-refractivity contribution in [2.24, 2.45) is 0 Å². The average Bonchev–Trinajstić information content (AvgIpc) is 3.15. The van der Waals surface area contributed by atoms with Crippen molar-refractivity contribution in [1.82, 2.24) is 4.90 Å². The summed E-state index contributed by atoms with van der Waals surface area (Å²) in [4.78, 5) is 27.3. The number of ether oxygens (including phenoxy) is 1. The topological polar surface area (TPSA) is 46.6 Å². The highest BCUT2D eigenvalue weighted by atomic mass is 32.2. The minimum Gasteiger partial charge on any atom is -0.465 e. The minimum absolute atomic E-state index is 0.0235. The molecule has 3 rings (SSSR count). The third kappa shape index (κ3) is 3.43. The molecule has 23 heavy (non-hydrogen) atoms. The van der Waals surface area contributed by atoms with Gasteiger partial charge in [-0.15, -0.1) is 23.1 Å². The number of esters is 1. The fourth-order valence-electron chi connectivity index (χ4n) is 2.59. The van der Waals surface area contributed by atoms with Crippen molar-refractivity contribution in [3.8, 4) is 0 Å². The third-order valence-electron chi connectivity index (χ3n) is 3.57. The Morgan fingerprint density at radius 1 is 1.30 bits per heavy atom. The van der Waals surface area contributed by atoms with Gasteiger partial charge in [0.1, 0.15) is 5.37 Å². The second-order valence-electron chi connectivity index (χ2n) is 5.07. The van der Waals surface area contributed by atoms with Crippen LogP contribution in [0, 0.1) is 0 Å². The quantitative estimate of drug-likeness (QED) is 0.748. The van der Waals surface area contributed by atoms with Gasteiger partial charge >= 0.3 is 5.97 Å². The number of benzene rings is 1. The molecule has 1 aromatic heterocycles. The van der Waals surface area contributed by atoms with E-state index in [4.69, 9.17) is 4.74 Å². The highest BCUT2D eigenvalue weighted by Crippen LogP contribution is 2.42. The van der Waals surface area contributed by atoms with Gasteiger partial charge in [-0.2, -0.15) is 0 Å². The lowest BCUT2D eigenvalue weighted by Gasteiger charge is -2.24. The first kappa shape index (κ1) is 16.1. The van der Waals surface area contributed by atoms with Crippen LogP contribution in [0.25, 0.3) is 0 Å². The summed E-state index contributed by atoms with van der Waals surface area (Å²) in [5.41, 5.74) is 1.70. The van der Waals surface area contributed by atoms with E-state index in [-0.39, 0.29) is 23.0 Å². The number of nitrogens with zero attached hydrogens (tertiary/aromatic N) is 1. The molecule has 0 saturated heterocycles. The first-order valence-corrected chi connectivity index (χ1v) is 9.33. The zero-order valence-electron chi connectivity index (χ0n) is 12.7. The Hall–Kier alpha value is -1.79. The molecule has 1 aliphatic heterocycles. The number of hydrogen-bond acceptors (Lipinski definition) is 5. The Morgan fingerprint density at radius 2 is 2.13 bits per heavy atom. The van der Waals surface area contributed by atoms with Gasteiger partial charge in [0.25, 0.3) is 5.91 Å². The molecule has 0 aliphatic carbocycles. The Labute approximate surface area is 143 Å². The number of carbonyl (C=O) groups is 2. The summed E-state index contributed by atoms with van der Waals surface area (Å²) in [7, 11) is 0. The number of thiophene rings is 1. The molecule has 1 amide bonds. The van der Waals surface area contributed by atoms with Crippen LogP contribution in [0.2, 0.25) is 0 Å². The molecule has 0 bridgehead atoms. The molecule has 0 N–H and O–H groups in total. The van der Waals surface area contributed by atoms with Crippen molar-refractivity contribution in [3.05, 3.63) is 57.8 Å². The molecule has 2 heterocycles. The second-order valence-corrected chi connectivity index (χ2v) is 7.17. The predicted molar refractivity (Wildman–Crippen MR) is 92.5 cm³/mol. The highest BCUT2D eigenvalue weighted by Gasteiger charge is 2.37. The molecular weight excluding hydrogens is 330 g/mol. The molecule has 1 aliphatic rings. The van der Waals surface area contributed by atoms with Crippen LogP contribution in [0.5, 0.6) is 0 Å². The van der Waals surface area contributed by atoms with Crippen LogP contribution in [0.3, 0.4) is 0 Å². The van der Waals surface area contributed by atoms with E-state index < -0.39 is 0 Å². The smallest absolute Gasteiger partial charge is 0.315 e. The van der Waals surface area contributed by atoms with Crippen molar-refractivity contribution < 1.29 is 14.3 Å². The summed E-state index contributed by atoms with van der Waals surface area (Å²) in [6.07, 6.45) is 0. The first-order chi connectivity index (χ1) is 11.2. The number of amides is 1. The van der Waals surface area contributed by atoms with Crippen LogP contribution < -0.4 is 0 Å². The summed E-state index contributed by atoms with van der Waals surface area (Å²) in [5.74, 6) is 0.0156. The van der Waals surface area contributed by atoms with Crippen molar-refractivity contribution in [2.45, 2.75) is 18.8 Å². The van der Waals surface area contributed by atoms with Crippen molar-refractivity contribution >= 4 is 35.0 Å². The molecule has 1 aromatic carbocycles. The highest BCUT2D eigenvalue weighted by molar-refractivity contribution is 8.00. The van der Waals surface area contributed by atoms with E-state index in [1.165, 1.54) is 11.8 Å². The Morgan fingerprint density at radius 3 is 2.87 bits per heavy atom. The monoisotopic (exact) mass is 347 g/mol. The Kier molecular flexibility index (Phi) is 5.03. The third-order valence-corrected chi connectivity index (χ3v) is 5.66. The summed E-state index contributed by atoms with van der Waals surface area (Å²) in [6, 6.07) is 11.6. The lowest BCUT2D eigenvalue weighted by molar-refractivity contribution is -0.139. The maximum absolute atomic E-state index is 12.7. The summed E-state index contributed by atoms with van der Waals surface area (Å²) in [6.45, 7) is 2.73. The normalized spacial score (nSPS) is 16.5. The van der Waals surface area contributed by atoms with Gasteiger partial charge in [-0.1, -0.05) is 24.3 Å². The van der Waals surface area contributed by atoms with Gasteiger partial charge in [0.15, 0.2) is 0 Å². The molecular formula is C17H17NO3S2. The van der Waals surface area contributed by atoms with E-state index >= 15 is 0 Å². The zero-order valence-corrected chi connectivity index (χ0v) is 14.4. The molecule has 4 nitrogen and oxygen atoms in total. The molecule has 2 aromatic rings. The van der Waals surface area contributed by atoms with Crippen LogP contribution >= 0.6 is 23.1 Å². The molecule has 1 atom stereocenters. The second kappa shape index (κ2) is 7.19. The maximum Gasteiger partial charge on any atom is 0.315 e. The number of rotatable bonds is 6. The summed E-state index contributed by atoms with van der Waals surface area (Å²) in [5, 5.41) is 1.86. The fraction of sp³-hybridized carbons (Fsp3) is 0.294. The van der Waals surface area contributed by atoms with Gasteiger partial charge in [0.05, 0.1) is 18.9 Å². The van der Waals surface area contributed by atoms with E-state index in [2.05, 4.69) is 0 Å². The van der Waals surface area contributed by atoms with Gasteiger partial charge < -0.3 is 9.64 Å². The fourth-order valence-corrected chi connectivity index (χ4v) is 4.41. The van der Waals surface area contributed by atoms with E-state index in [0.717, 1.165) is 16.0 Å². The van der Waals surface area contributed by atoms with Crippen molar-refractivity contribution in [1.29, 1.82) is 0 Å². The van der Waals surface area contributed by atoms with Crippen LogP contribution in [-0.2, 0) is 16.1 Å². The SMILES string of the molecule is CCOC(=O)CSC1c2ccccc2C(=O)N1Cc1cccs1. The maximum atomic E-state index is 12.7. The molecule has 6 heteroatoms. The van der Waals surface area contributed by atoms with Gasteiger partial charge in [-0.3, -0.25) is 9.59 Å². The first-order valence-electron chi connectivity index (χ1n) is 7.40. The lowest BCUT2D eigenvalue weighted by Crippen LogP contribution is -2.26. The minimum atomic E-state index is -0.245. The van der Waals surface area contributed by atoms with Gasteiger partial charge in [-0.25, -0.2) is 0 Å². The standard InChI is InChI=1S/C17H17NO3S2/c1-2-21-15(19)11-23-17-14-8-4-3-7-13(14)16(20)18(17)10-12-6-5-9-22-12/h3-9,17H,2,10-11H2,1H3. The van der Waals surface area contributed by atoms with Gasteiger partial charge in [-0.05, 0) is 30.0 Å². The molecule has 1 unspecified atom stereocenters. The van der Waals surface area contributed by atoms with Gasteiger partial charge in [0.2, 0.25) is 0 Å². The number of thioether (sulfide) groups is 1. The van der Waals surface area contributed by atoms with Crippen molar-refractivity contribution in [3.63, 3.8) is 0 Å². The Bertz CT molecular complexity index is 700. The lowest BCUT2D eigenvalue weighted by atomic mass is 10.1. The number of carbonyl (C=O) groups excluding carboxylic acids is 2. The molecule has 0 spiro atoms. The summed E-state index contributed by atoms with van der Waals surface area (Å²) >= 11 is 3.07. The molecule has 0 saturated carbocycles. The average molecular weight is 347 g/mol. The molecule has 0 radical (unpaired) electrons. The van der Waals surface area contributed by atoms with E-state index in [1.807, 2.05) is 46.7 Å². The van der Waals surface area contributed by atoms with Gasteiger partial charge in [0, 0.05) is 10.4 Å². The zero-order chi connectivity index (χ0) is 16.2. The largest absolute Gasteiger partial charge is 0.465 e. The summed E-state index contributed by atoms with van der Waals surface area (Å²) < 4.78 is 5.00. The molecule has 0 fully saturated rings. The number of fused-ring (bicyclic) bond motifs is 1. The van der Waals surface area contributed by atoms with E-state index in [1.54, 1.807) is 18.3 Å². The molecule has 120 valence electrons. The number of hydrogen-bond donors (Lipinski definition) is 0. The van der Waals surface area contributed by atoms with Crippen molar-refractivity contribution in [2.75, 3.05) is 12.4 Å². The van der Waals surface area contributed by atoms with Crippen LogP contribution in [-0.4, -0.2) is 29.1 Å². The van der Waals surface area contributed by atoms with Crippen LogP contribution in [0.15, 0.2) is 41.8 Å². The van der Waals surface area contributed by atoms with Crippen LogP contribution in [0.1, 0.15) is 33.1 Å². The predicted octanol–water partition coefficient (Wildman–Crippen LogP) is 3.70. The Balaban J connectivity index is 1.81. The van der Waals surface area contributed by atoms with E-state index in [0.29, 0.717) is 13.2 Å². The van der Waals surface area contributed by atoms with Crippen LogP contribution in [0.4, 0.5) is 0 Å².